The van der Waals surface area contributed by atoms with Crippen molar-refractivity contribution in [3.8, 4) is 5.75 Å². The monoisotopic (exact) mass is 436 g/mol. The Bertz CT molecular complexity index is 1090. The van der Waals surface area contributed by atoms with Crippen LogP contribution < -0.4 is 4.74 Å². The van der Waals surface area contributed by atoms with Crippen LogP contribution >= 0.6 is 0 Å². The number of hydrogen-bond donors (Lipinski definition) is 0. The fourth-order valence-corrected chi connectivity index (χ4v) is 2.57. The molecular weight excluding hydrogens is 423 g/mol. The van der Waals surface area contributed by atoms with E-state index < -0.39 is 53.8 Å². The number of hydrogen-bond acceptors (Lipinski definition) is 4. The van der Waals surface area contributed by atoms with E-state index in [2.05, 4.69) is 4.74 Å². The van der Waals surface area contributed by atoms with E-state index in [1.54, 1.807) is 30.3 Å². The third-order valence-electron chi connectivity index (χ3n) is 4.19. The molecule has 0 bridgehead atoms. The van der Waals surface area contributed by atoms with Crippen molar-refractivity contribution in [3.05, 3.63) is 100 Å². The molecule has 0 unspecified atom stereocenters. The summed E-state index contributed by atoms with van der Waals surface area (Å²) < 4.78 is 76.1. The summed E-state index contributed by atoms with van der Waals surface area (Å²) in [5.74, 6) is -11.9. The third-order valence-corrected chi connectivity index (χ3v) is 4.19. The van der Waals surface area contributed by atoms with E-state index in [0.717, 1.165) is 0 Å². The van der Waals surface area contributed by atoms with Crippen molar-refractivity contribution in [2.75, 3.05) is 6.61 Å². The molecule has 160 valence electrons. The summed E-state index contributed by atoms with van der Waals surface area (Å²) in [6.07, 6.45) is 0. The van der Waals surface area contributed by atoms with E-state index >= 15 is 0 Å². The number of rotatable bonds is 7. The smallest absolute Gasteiger partial charge is 0.344 e. The summed E-state index contributed by atoms with van der Waals surface area (Å²) in [5.41, 5.74) is -0.395. The second kappa shape index (κ2) is 9.38. The molecule has 0 heterocycles. The molecule has 0 amide bonds. The lowest BCUT2D eigenvalue weighted by atomic mass is 10.0. The van der Waals surface area contributed by atoms with Crippen LogP contribution in [0.25, 0.3) is 0 Å². The first-order valence-electron chi connectivity index (χ1n) is 8.78. The second-order valence-electron chi connectivity index (χ2n) is 6.22. The van der Waals surface area contributed by atoms with Gasteiger partial charge in [0.1, 0.15) is 12.4 Å². The van der Waals surface area contributed by atoms with Gasteiger partial charge in [-0.15, -0.1) is 0 Å². The summed E-state index contributed by atoms with van der Waals surface area (Å²) in [5, 5.41) is 0. The average Bonchev–Trinajstić information content (AvgIpc) is 2.80. The zero-order chi connectivity index (χ0) is 22.5. The number of carbonyl (C=O) groups is 2. The van der Waals surface area contributed by atoms with Crippen LogP contribution in [0.4, 0.5) is 22.0 Å². The van der Waals surface area contributed by atoms with Crippen LogP contribution in [-0.4, -0.2) is 18.4 Å². The Hall–Kier alpha value is -3.75. The van der Waals surface area contributed by atoms with Gasteiger partial charge in [0.05, 0.1) is 5.56 Å². The maximum absolute atomic E-state index is 13.6. The quantitative estimate of drug-likeness (QED) is 0.177. The average molecular weight is 436 g/mol. The third kappa shape index (κ3) is 4.88. The molecule has 4 nitrogen and oxygen atoms in total. The van der Waals surface area contributed by atoms with E-state index in [-0.39, 0.29) is 11.5 Å². The van der Waals surface area contributed by atoms with Gasteiger partial charge in [0.2, 0.25) is 5.82 Å². The molecule has 0 aliphatic heterocycles. The predicted molar refractivity (Wildman–Crippen MR) is 97.8 cm³/mol. The largest absolute Gasteiger partial charge is 0.482 e. The van der Waals surface area contributed by atoms with Crippen LogP contribution in [0.3, 0.4) is 0 Å². The van der Waals surface area contributed by atoms with Crippen LogP contribution in [0.5, 0.6) is 5.75 Å². The summed E-state index contributed by atoms with van der Waals surface area (Å²) in [4.78, 5) is 24.0. The minimum atomic E-state index is -2.30. The van der Waals surface area contributed by atoms with Crippen LogP contribution in [0.1, 0.15) is 21.5 Å². The van der Waals surface area contributed by atoms with Crippen LogP contribution in [0.15, 0.2) is 54.6 Å². The number of ketones is 1. The van der Waals surface area contributed by atoms with Crippen molar-refractivity contribution in [1.82, 2.24) is 0 Å². The second-order valence-corrected chi connectivity index (χ2v) is 6.22. The molecular formula is C22H13F5O4. The Morgan fingerprint density at radius 1 is 0.677 bits per heavy atom. The number of esters is 1. The summed E-state index contributed by atoms with van der Waals surface area (Å²) in [7, 11) is 0. The van der Waals surface area contributed by atoms with Crippen molar-refractivity contribution in [2.24, 2.45) is 0 Å². The molecule has 3 aromatic rings. The van der Waals surface area contributed by atoms with Crippen LogP contribution in [0, 0.1) is 29.1 Å². The topological polar surface area (TPSA) is 52.6 Å². The Kier molecular flexibility index (Phi) is 6.64. The zero-order valence-electron chi connectivity index (χ0n) is 15.6. The van der Waals surface area contributed by atoms with Gasteiger partial charge in [0.25, 0.3) is 0 Å². The van der Waals surface area contributed by atoms with Crippen molar-refractivity contribution in [2.45, 2.75) is 6.61 Å². The number of halogens is 5. The number of ether oxygens (including phenoxy) is 2. The molecule has 0 aliphatic carbocycles. The van der Waals surface area contributed by atoms with Gasteiger partial charge in [0, 0.05) is 11.1 Å². The lowest BCUT2D eigenvalue weighted by Gasteiger charge is -2.10. The van der Waals surface area contributed by atoms with E-state index in [9.17, 15) is 31.5 Å². The molecule has 31 heavy (non-hydrogen) atoms. The van der Waals surface area contributed by atoms with E-state index in [0.29, 0.717) is 11.1 Å². The zero-order valence-corrected chi connectivity index (χ0v) is 15.6. The fourth-order valence-electron chi connectivity index (χ4n) is 2.57. The summed E-state index contributed by atoms with van der Waals surface area (Å²) in [6, 6.07) is 14.3. The maximum Gasteiger partial charge on any atom is 0.344 e. The normalized spacial score (nSPS) is 10.6. The van der Waals surface area contributed by atoms with Crippen LogP contribution in [-0.2, 0) is 16.1 Å². The lowest BCUT2D eigenvalue weighted by molar-refractivity contribution is -0.147. The van der Waals surface area contributed by atoms with Crippen LogP contribution in [0.2, 0.25) is 0 Å². The highest BCUT2D eigenvalue weighted by Crippen LogP contribution is 2.23. The molecule has 0 aliphatic rings. The van der Waals surface area contributed by atoms with E-state index in [1.165, 1.54) is 24.3 Å². The summed E-state index contributed by atoms with van der Waals surface area (Å²) in [6.45, 7) is -1.86. The first kappa shape index (κ1) is 21.9. The van der Waals surface area contributed by atoms with Crippen molar-refractivity contribution >= 4 is 11.8 Å². The first-order chi connectivity index (χ1) is 14.8. The van der Waals surface area contributed by atoms with Gasteiger partial charge in [-0.1, -0.05) is 30.3 Å². The Balaban J connectivity index is 1.57. The Morgan fingerprint density at radius 2 is 1.19 bits per heavy atom. The van der Waals surface area contributed by atoms with Gasteiger partial charge >= 0.3 is 5.97 Å². The van der Waals surface area contributed by atoms with Crippen molar-refractivity contribution < 1.29 is 41.0 Å². The summed E-state index contributed by atoms with van der Waals surface area (Å²) >= 11 is 0. The highest BCUT2D eigenvalue weighted by molar-refractivity contribution is 6.08. The van der Waals surface area contributed by atoms with Gasteiger partial charge < -0.3 is 9.47 Å². The van der Waals surface area contributed by atoms with Gasteiger partial charge in [-0.3, -0.25) is 4.79 Å². The van der Waals surface area contributed by atoms with E-state index in [4.69, 9.17) is 4.74 Å². The molecule has 3 aromatic carbocycles. The number of carbonyl (C=O) groups excluding carboxylic acids is 2. The van der Waals surface area contributed by atoms with E-state index in [1.807, 2.05) is 0 Å². The maximum atomic E-state index is 13.6. The molecule has 0 saturated heterocycles. The first-order valence-corrected chi connectivity index (χ1v) is 8.78. The molecule has 0 fully saturated rings. The highest BCUT2D eigenvalue weighted by Gasteiger charge is 2.26. The van der Waals surface area contributed by atoms with Gasteiger partial charge in [0.15, 0.2) is 35.7 Å². The molecule has 0 aromatic heterocycles. The van der Waals surface area contributed by atoms with Gasteiger partial charge in [-0.25, -0.2) is 26.7 Å². The highest BCUT2D eigenvalue weighted by atomic mass is 19.2. The van der Waals surface area contributed by atoms with Gasteiger partial charge in [-0.05, 0) is 24.3 Å². The number of benzene rings is 3. The molecule has 3 rings (SSSR count). The van der Waals surface area contributed by atoms with Crippen molar-refractivity contribution in [3.63, 3.8) is 0 Å². The molecule has 0 spiro atoms. The predicted octanol–water partition coefficient (Wildman–Crippen LogP) is 4.74. The lowest BCUT2D eigenvalue weighted by Crippen LogP contribution is -2.17. The molecule has 0 radical (unpaired) electrons. The minimum Gasteiger partial charge on any atom is -0.482 e. The van der Waals surface area contributed by atoms with Gasteiger partial charge in [-0.2, -0.15) is 0 Å². The standard InChI is InChI=1S/C22H13F5O4/c23-17-15(18(24)20(26)21(27)19(17)25)10-31-16(28)11-30-14-8-6-13(7-9-14)22(29)12-4-2-1-3-5-12/h1-9H,10-11H2. The SMILES string of the molecule is O=C(COc1ccc(C(=O)c2ccccc2)cc1)OCc1c(F)c(F)c(F)c(F)c1F. The molecule has 0 atom stereocenters. The fraction of sp³-hybridized carbons (Fsp3) is 0.0909. The minimum absolute atomic E-state index is 0.192. The molecule has 0 N–H and O–H groups in total. The van der Waals surface area contributed by atoms with Crippen molar-refractivity contribution in [1.29, 1.82) is 0 Å². The Morgan fingerprint density at radius 3 is 1.77 bits per heavy atom. The Labute approximate surface area is 172 Å². The molecule has 9 heteroatoms. The molecule has 0 saturated carbocycles.